The SMILES string of the molecule is CCOc1cncc(C(N)COCC(F)(F)F)c1. The molecule has 1 atom stereocenters. The lowest BCUT2D eigenvalue weighted by atomic mass is 10.1. The lowest BCUT2D eigenvalue weighted by Crippen LogP contribution is -2.23. The Bertz CT molecular complexity index is 372. The normalized spacial score (nSPS) is 13.4. The third-order valence-corrected chi connectivity index (χ3v) is 2.04. The molecule has 1 heterocycles. The van der Waals surface area contributed by atoms with Crippen molar-refractivity contribution in [3.63, 3.8) is 0 Å². The van der Waals surface area contributed by atoms with Crippen molar-refractivity contribution in [1.29, 1.82) is 0 Å². The van der Waals surface area contributed by atoms with Crippen LogP contribution in [0.2, 0.25) is 0 Å². The van der Waals surface area contributed by atoms with E-state index in [1.54, 1.807) is 6.07 Å². The fraction of sp³-hybridized carbons (Fsp3) is 0.545. The second-order valence-corrected chi connectivity index (χ2v) is 3.62. The molecule has 0 amide bonds. The van der Waals surface area contributed by atoms with Crippen molar-refractivity contribution >= 4 is 0 Å². The van der Waals surface area contributed by atoms with E-state index in [9.17, 15) is 13.2 Å². The molecule has 1 unspecified atom stereocenters. The highest BCUT2D eigenvalue weighted by molar-refractivity contribution is 5.25. The first-order valence-electron chi connectivity index (χ1n) is 5.40. The van der Waals surface area contributed by atoms with Crippen molar-refractivity contribution in [3.8, 4) is 5.75 Å². The van der Waals surface area contributed by atoms with Crippen LogP contribution in [-0.4, -0.2) is 31.0 Å². The highest BCUT2D eigenvalue weighted by atomic mass is 19.4. The number of nitrogens with zero attached hydrogens (tertiary/aromatic N) is 1. The largest absolute Gasteiger partial charge is 0.492 e. The average molecular weight is 264 g/mol. The number of rotatable bonds is 6. The summed E-state index contributed by atoms with van der Waals surface area (Å²) in [6.45, 7) is 0.764. The minimum absolute atomic E-state index is 0.225. The van der Waals surface area contributed by atoms with Crippen molar-refractivity contribution in [3.05, 3.63) is 24.0 Å². The second-order valence-electron chi connectivity index (χ2n) is 3.62. The van der Waals surface area contributed by atoms with Gasteiger partial charge in [0.15, 0.2) is 0 Å². The predicted molar refractivity (Wildman–Crippen MR) is 59.2 cm³/mol. The van der Waals surface area contributed by atoms with Crippen LogP contribution in [0.1, 0.15) is 18.5 Å². The van der Waals surface area contributed by atoms with E-state index in [1.807, 2.05) is 6.92 Å². The van der Waals surface area contributed by atoms with Crippen LogP contribution in [0, 0.1) is 0 Å². The Balaban J connectivity index is 2.50. The van der Waals surface area contributed by atoms with Crippen molar-refractivity contribution in [2.75, 3.05) is 19.8 Å². The third kappa shape index (κ3) is 5.33. The molecule has 0 aromatic carbocycles. The maximum atomic E-state index is 11.9. The number of pyridine rings is 1. The lowest BCUT2D eigenvalue weighted by Gasteiger charge is -2.14. The molecule has 0 bridgehead atoms. The Hall–Kier alpha value is -1.34. The maximum Gasteiger partial charge on any atom is 0.411 e. The Morgan fingerprint density at radius 3 is 2.72 bits per heavy atom. The molecule has 0 radical (unpaired) electrons. The van der Waals surface area contributed by atoms with Crippen LogP contribution < -0.4 is 10.5 Å². The van der Waals surface area contributed by atoms with Crippen molar-refractivity contribution in [2.45, 2.75) is 19.1 Å². The lowest BCUT2D eigenvalue weighted by molar-refractivity contribution is -0.174. The van der Waals surface area contributed by atoms with Crippen LogP contribution in [0.3, 0.4) is 0 Å². The molecule has 2 N–H and O–H groups in total. The minimum atomic E-state index is -4.34. The van der Waals surface area contributed by atoms with Crippen LogP contribution in [0.25, 0.3) is 0 Å². The van der Waals surface area contributed by atoms with Gasteiger partial charge in [0.1, 0.15) is 12.4 Å². The van der Waals surface area contributed by atoms with Gasteiger partial charge in [-0.1, -0.05) is 0 Å². The fourth-order valence-electron chi connectivity index (χ4n) is 1.28. The average Bonchev–Trinajstić information content (AvgIpc) is 2.28. The maximum absolute atomic E-state index is 11.9. The number of alkyl halides is 3. The van der Waals surface area contributed by atoms with E-state index in [2.05, 4.69) is 9.72 Å². The van der Waals surface area contributed by atoms with Gasteiger partial charge in [-0.25, -0.2) is 0 Å². The third-order valence-electron chi connectivity index (χ3n) is 2.04. The second kappa shape index (κ2) is 6.55. The van der Waals surface area contributed by atoms with E-state index in [1.165, 1.54) is 12.4 Å². The molecule has 7 heteroatoms. The summed E-state index contributed by atoms with van der Waals surface area (Å²) >= 11 is 0. The number of ether oxygens (including phenoxy) is 2. The quantitative estimate of drug-likeness (QED) is 0.854. The number of hydrogen-bond acceptors (Lipinski definition) is 4. The van der Waals surface area contributed by atoms with Crippen molar-refractivity contribution in [2.24, 2.45) is 5.73 Å². The summed E-state index contributed by atoms with van der Waals surface area (Å²) in [5.41, 5.74) is 6.27. The summed E-state index contributed by atoms with van der Waals surface area (Å²) in [5, 5.41) is 0. The molecule has 0 saturated heterocycles. The van der Waals surface area contributed by atoms with E-state index in [-0.39, 0.29) is 6.61 Å². The molecule has 0 aliphatic heterocycles. The molecule has 1 aromatic heterocycles. The highest BCUT2D eigenvalue weighted by Crippen LogP contribution is 2.18. The summed E-state index contributed by atoms with van der Waals surface area (Å²) < 4.78 is 45.3. The molecular weight excluding hydrogens is 249 g/mol. The standard InChI is InChI=1S/C11H15F3N2O2/c1-2-18-9-3-8(4-16-5-9)10(15)6-17-7-11(12,13)14/h3-5,10H,2,6-7,15H2,1H3. The van der Waals surface area contributed by atoms with E-state index in [0.717, 1.165) is 0 Å². The summed E-state index contributed by atoms with van der Waals surface area (Å²) in [7, 11) is 0. The van der Waals surface area contributed by atoms with E-state index in [4.69, 9.17) is 10.5 Å². The van der Waals surface area contributed by atoms with Gasteiger partial charge in [-0.2, -0.15) is 13.2 Å². The monoisotopic (exact) mass is 264 g/mol. The van der Waals surface area contributed by atoms with E-state index >= 15 is 0 Å². The van der Waals surface area contributed by atoms with Crippen LogP contribution in [0.4, 0.5) is 13.2 Å². The Morgan fingerprint density at radius 1 is 1.39 bits per heavy atom. The molecule has 1 rings (SSSR count). The Kier molecular flexibility index (Phi) is 5.36. The Morgan fingerprint density at radius 2 is 2.11 bits per heavy atom. The molecule has 0 aliphatic carbocycles. The van der Waals surface area contributed by atoms with Crippen LogP contribution in [-0.2, 0) is 4.74 Å². The zero-order chi connectivity index (χ0) is 13.6. The van der Waals surface area contributed by atoms with Gasteiger partial charge in [0.05, 0.1) is 25.5 Å². The highest BCUT2D eigenvalue weighted by Gasteiger charge is 2.27. The smallest absolute Gasteiger partial charge is 0.411 e. The zero-order valence-corrected chi connectivity index (χ0v) is 9.91. The zero-order valence-electron chi connectivity index (χ0n) is 9.91. The molecule has 18 heavy (non-hydrogen) atoms. The minimum Gasteiger partial charge on any atom is -0.492 e. The fourth-order valence-corrected chi connectivity index (χ4v) is 1.28. The number of halogens is 3. The predicted octanol–water partition coefficient (Wildman–Crippen LogP) is 2.06. The van der Waals surface area contributed by atoms with Gasteiger partial charge in [-0.05, 0) is 18.6 Å². The summed E-state index contributed by atoms with van der Waals surface area (Å²) in [6.07, 6.45) is -1.36. The van der Waals surface area contributed by atoms with Gasteiger partial charge in [0.2, 0.25) is 0 Å². The van der Waals surface area contributed by atoms with E-state index in [0.29, 0.717) is 17.9 Å². The van der Waals surface area contributed by atoms with Gasteiger partial charge >= 0.3 is 6.18 Å². The molecule has 0 spiro atoms. The number of nitrogens with two attached hydrogens (primary N) is 1. The van der Waals surface area contributed by atoms with Crippen LogP contribution in [0.5, 0.6) is 5.75 Å². The molecular formula is C11H15F3N2O2. The van der Waals surface area contributed by atoms with Gasteiger partial charge < -0.3 is 15.2 Å². The Labute approximate surface area is 103 Å². The van der Waals surface area contributed by atoms with Gasteiger partial charge in [-0.15, -0.1) is 0 Å². The van der Waals surface area contributed by atoms with Gasteiger partial charge in [0.25, 0.3) is 0 Å². The number of hydrogen-bond donors (Lipinski definition) is 1. The summed E-state index contributed by atoms with van der Waals surface area (Å²) in [5.74, 6) is 0.529. The molecule has 0 fully saturated rings. The van der Waals surface area contributed by atoms with Crippen molar-refractivity contribution < 1.29 is 22.6 Å². The first-order valence-corrected chi connectivity index (χ1v) is 5.40. The van der Waals surface area contributed by atoms with E-state index < -0.39 is 18.8 Å². The molecule has 1 aromatic rings. The van der Waals surface area contributed by atoms with Crippen molar-refractivity contribution in [1.82, 2.24) is 4.98 Å². The molecule has 102 valence electrons. The summed E-state index contributed by atoms with van der Waals surface area (Å²) in [6, 6.07) is 0.971. The number of aromatic nitrogens is 1. The molecule has 0 aliphatic rings. The first-order chi connectivity index (χ1) is 8.42. The van der Waals surface area contributed by atoms with Gasteiger partial charge in [0, 0.05) is 6.20 Å². The van der Waals surface area contributed by atoms with Crippen LogP contribution >= 0.6 is 0 Å². The topological polar surface area (TPSA) is 57.4 Å². The molecule has 0 saturated carbocycles. The van der Waals surface area contributed by atoms with Crippen LogP contribution in [0.15, 0.2) is 18.5 Å². The summed E-state index contributed by atoms with van der Waals surface area (Å²) in [4.78, 5) is 3.90. The first kappa shape index (κ1) is 14.7. The van der Waals surface area contributed by atoms with Gasteiger partial charge in [-0.3, -0.25) is 4.98 Å². The molecule has 4 nitrogen and oxygen atoms in total.